The maximum atomic E-state index is 12.0. The summed E-state index contributed by atoms with van der Waals surface area (Å²) in [4.78, 5) is 25.0. The van der Waals surface area contributed by atoms with E-state index in [1.54, 1.807) is 4.90 Å². The van der Waals surface area contributed by atoms with Gasteiger partial charge in [0, 0.05) is 13.1 Å². The Morgan fingerprint density at radius 3 is 2.05 bits per heavy atom. The molecule has 1 heterocycles. The van der Waals surface area contributed by atoms with Gasteiger partial charge in [0.15, 0.2) is 0 Å². The van der Waals surface area contributed by atoms with Crippen LogP contribution in [-0.2, 0) is 9.53 Å². The van der Waals surface area contributed by atoms with Crippen LogP contribution in [-0.4, -0.2) is 40.8 Å². The van der Waals surface area contributed by atoms with Crippen LogP contribution in [0, 0.1) is 17.3 Å². The van der Waals surface area contributed by atoms with E-state index in [9.17, 15) is 14.7 Å². The molecule has 5 heteroatoms. The fourth-order valence-electron chi connectivity index (χ4n) is 3.29. The number of rotatable bonds is 1. The Kier molecular flexibility index (Phi) is 3.27. The Bertz CT molecular complexity index is 385. The van der Waals surface area contributed by atoms with Crippen molar-refractivity contribution in [2.75, 3.05) is 13.1 Å². The zero-order valence-electron chi connectivity index (χ0n) is 12.1. The van der Waals surface area contributed by atoms with Crippen molar-refractivity contribution in [1.82, 2.24) is 4.90 Å². The van der Waals surface area contributed by atoms with Crippen molar-refractivity contribution in [3.63, 3.8) is 0 Å². The molecule has 1 amide bonds. The summed E-state index contributed by atoms with van der Waals surface area (Å²) in [6.45, 7) is 8.62. The molecule has 5 nitrogen and oxygen atoms in total. The van der Waals surface area contributed by atoms with Crippen molar-refractivity contribution >= 4 is 12.1 Å². The molecule has 1 aliphatic carbocycles. The average Bonchev–Trinajstić information content (AvgIpc) is 2.70. The maximum Gasteiger partial charge on any atom is 0.410 e. The quantitative estimate of drug-likeness (QED) is 0.793. The molecule has 1 aliphatic heterocycles. The lowest BCUT2D eigenvalue weighted by atomic mass is 9.87. The van der Waals surface area contributed by atoms with E-state index in [0.29, 0.717) is 37.8 Å². The van der Waals surface area contributed by atoms with Gasteiger partial charge in [-0.25, -0.2) is 4.79 Å². The molecule has 1 N–H and O–H groups in total. The number of carbonyl (C=O) groups is 2. The van der Waals surface area contributed by atoms with E-state index >= 15 is 0 Å². The molecular weight excluding hydrogens is 246 g/mol. The van der Waals surface area contributed by atoms with Gasteiger partial charge in [-0.15, -0.1) is 0 Å². The van der Waals surface area contributed by atoms with Crippen LogP contribution >= 0.6 is 0 Å². The molecule has 1 saturated heterocycles. The maximum absolute atomic E-state index is 12.0. The molecule has 0 aromatic heterocycles. The monoisotopic (exact) mass is 269 g/mol. The van der Waals surface area contributed by atoms with Crippen molar-refractivity contribution < 1.29 is 19.4 Å². The standard InChI is InChI=1S/C14H23NO4/c1-13(2,3)19-12(18)15-7-9-5-14(4,11(16)17)6-10(9)8-15/h9-10H,5-8H2,1-4H3,(H,16,17)/t9-,10+,14?. The van der Waals surface area contributed by atoms with Gasteiger partial charge in [-0.05, 0) is 52.4 Å². The highest BCUT2D eigenvalue weighted by Gasteiger charge is 2.51. The number of aliphatic carboxylic acids is 1. The summed E-state index contributed by atoms with van der Waals surface area (Å²) in [6.07, 6.45) is 1.04. The Morgan fingerprint density at radius 1 is 1.21 bits per heavy atom. The lowest BCUT2D eigenvalue weighted by Crippen LogP contribution is -2.37. The number of nitrogens with zero attached hydrogens (tertiary/aromatic N) is 1. The van der Waals surface area contributed by atoms with Crippen LogP contribution in [0.5, 0.6) is 0 Å². The number of carboxylic acid groups (broad SMARTS) is 1. The topological polar surface area (TPSA) is 66.8 Å². The largest absolute Gasteiger partial charge is 0.481 e. The normalized spacial score (nSPS) is 34.2. The number of amides is 1. The highest BCUT2D eigenvalue weighted by atomic mass is 16.6. The third-order valence-corrected chi connectivity index (χ3v) is 4.17. The van der Waals surface area contributed by atoms with Crippen molar-refractivity contribution in [2.45, 2.75) is 46.1 Å². The lowest BCUT2D eigenvalue weighted by Gasteiger charge is -2.26. The summed E-state index contributed by atoms with van der Waals surface area (Å²) in [5, 5.41) is 9.25. The van der Waals surface area contributed by atoms with Crippen LogP contribution in [0.2, 0.25) is 0 Å². The number of hydrogen-bond donors (Lipinski definition) is 1. The van der Waals surface area contributed by atoms with Gasteiger partial charge in [-0.2, -0.15) is 0 Å². The summed E-state index contributed by atoms with van der Waals surface area (Å²) in [5.41, 5.74) is -1.10. The van der Waals surface area contributed by atoms with Gasteiger partial charge in [0.25, 0.3) is 0 Å². The van der Waals surface area contributed by atoms with Crippen molar-refractivity contribution in [1.29, 1.82) is 0 Å². The predicted octanol–water partition coefficient (Wildman–Crippen LogP) is 2.35. The smallest absolute Gasteiger partial charge is 0.410 e. The molecule has 0 spiro atoms. The molecule has 0 radical (unpaired) electrons. The molecule has 1 unspecified atom stereocenters. The molecule has 3 atom stereocenters. The fourth-order valence-corrected chi connectivity index (χ4v) is 3.29. The van der Waals surface area contributed by atoms with E-state index in [1.807, 2.05) is 27.7 Å². The number of fused-ring (bicyclic) bond motifs is 1. The number of ether oxygens (including phenoxy) is 1. The minimum Gasteiger partial charge on any atom is -0.481 e. The number of carbonyl (C=O) groups excluding carboxylic acids is 1. The molecule has 1 saturated carbocycles. The number of hydrogen-bond acceptors (Lipinski definition) is 3. The fraction of sp³-hybridized carbons (Fsp3) is 0.857. The molecule has 2 fully saturated rings. The van der Waals surface area contributed by atoms with E-state index < -0.39 is 17.0 Å². The molecule has 0 bridgehead atoms. The number of likely N-dealkylation sites (tertiary alicyclic amines) is 1. The number of carboxylic acids is 1. The van der Waals surface area contributed by atoms with E-state index in [2.05, 4.69) is 0 Å². The van der Waals surface area contributed by atoms with Crippen LogP contribution in [0.25, 0.3) is 0 Å². The van der Waals surface area contributed by atoms with Gasteiger partial charge < -0.3 is 14.7 Å². The Morgan fingerprint density at radius 2 is 1.68 bits per heavy atom. The Labute approximate surface area is 113 Å². The van der Waals surface area contributed by atoms with Crippen LogP contribution in [0.3, 0.4) is 0 Å². The molecule has 0 aromatic rings. The summed E-state index contributed by atoms with van der Waals surface area (Å²) < 4.78 is 5.36. The first-order chi connectivity index (χ1) is 8.61. The van der Waals surface area contributed by atoms with Gasteiger partial charge in [0.2, 0.25) is 0 Å². The van der Waals surface area contributed by atoms with Crippen molar-refractivity contribution in [3.8, 4) is 0 Å². The van der Waals surface area contributed by atoms with Crippen molar-refractivity contribution in [3.05, 3.63) is 0 Å². The van der Waals surface area contributed by atoms with E-state index in [0.717, 1.165) is 0 Å². The summed E-state index contributed by atoms with van der Waals surface area (Å²) in [7, 11) is 0. The van der Waals surface area contributed by atoms with Crippen LogP contribution < -0.4 is 0 Å². The van der Waals surface area contributed by atoms with Gasteiger partial charge >= 0.3 is 12.1 Å². The zero-order valence-corrected chi connectivity index (χ0v) is 12.1. The van der Waals surface area contributed by atoms with Gasteiger partial charge in [0.1, 0.15) is 5.60 Å². The van der Waals surface area contributed by atoms with Gasteiger partial charge in [0.05, 0.1) is 5.41 Å². The first-order valence-electron chi connectivity index (χ1n) is 6.82. The summed E-state index contributed by atoms with van der Waals surface area (Å²) >= 11 is 0. The molecule has 2 aliphatic rings. The van der Waals surface area contributed by atoms with Gasteiger partial charge in [-0.1, -0.05) is 0 Å². The SMILES string of the molecule is CC(C)(C)OC(=O)N1C[C@@H]2CC(C)(C(=O)O)C[C@@H]2C1. The van der Waals surface area contributed by atoms with Crippen LogP contribution in [0.1, 0.15) is 40.5 Å². The zero-order chi connectivity index (χ0) is 14.4. The third-order valence-electron chi connectivity index (χ3n) is 4.17. The highest BCUT2D eigenvalue weighted by Crippen LogP contribution is 2.49. The first kappa shape index (κ1) is 14.2. The molecule has 108 valence electrons. The minimum absolute atomic E-state index is 0.279. The van der Waals surface area contributed by atoms with Crippen LogP contribution in [0.15, 0.2) is 0 Å². The third kappa shape index (κ3) is 2.85. The van der Waals surface area contributed by atoms with Crippen LogP contribution in [0.4, 0.5) is 4.79 Å². The molecule has 2 rings (SSSR count). The highest BCUT2D eigenvalue weighted by molar-refractivity contribution is 5.75. The predicted molar refractivity (Wildman–Crippen MR) is 69.8 cm³/mol. The average molecular weight is 269 g/mol. The molecule has 0 aromatic carbocycles. The van der Waals surface area contributed by atoms with E-state index in [1.165, 1.54) is 0 Å². The van der Waals surface area contributed by atoms with Gasteiger partial charge in [-0.3, -0.25) is 4.79 Å². The Hall–Kier alpha value is -1.26. The minimum atomic E-state index is -0.717. The molecule has 19 heavy (non-hydrogen) atoms. The second-order valence-corrected chi connectivity index (χ2v) is 7.18. The summed E-state index contributed by atoms with van der Waals surface area (Å²) in [6, 6.07) is 0. The van der Waals surface area contributed by atoms with E-state index in [-0.39, 0.29) is 6.09 Å². The van der Waals surface area contributed by atoms with E-state index in [4.69, 9.17) is 4.74 Å². The Balaban J connectivity index is 1.95. The second-order valence-electron chi connectivity index (χ2n) is 7.18. The summed E-state index contributed by atoms with van der Waals surface area (Å²) in [5.74, 6) is -0.118. The lowest BCUT2D eigenvalue weighted by molar-refractivity contribution is -0.147. The molecular formula is C14H23NO4. The second kappa shape index (κ2) is 4.39. The first-order valence-corrected chi connectivity index (χ1v) is 6.82. The van der Waals surface area contributed by atoms with Crippen molar-refractivity contribution in [2.24, 2.45) is 17.3 Å².